The second-order valence-electron chi connectivity index (χ2n) is 5.79. The minimum absolute atomic E-state index is 0.301. The number of esters is 1. The van der Waals surface area contributed by atoms with Gasteiger partial charge < -0.3 is 18.9 Å². The number of aromatic nitrogens is 1. The maximum absolute atomic E-state index is 12.7. The number of carbonyl (C=O) groups is 2. The molecule has 0 atom stereocenters. The van der Waals surface area contributed by atoms with Gasteiger partial charge in [0.25, 0.3) is 5.91 Å². The molecule has 1 heterocycles. The molecule has 152 valence electrons. The Morgan fingerprint density at radius 1 is 1.00 bits per heavy atom. The van der Waals surface area contributed by atoms with Crippen molar-refractivity contribution < 1.29 is 28.5 Å². The number of anilines is 1. The number of hydrogen-bond acceptors (Lipinski definition) is 8. The van der Waals surface area contributed by atoms with Gasteiger partial charge in [0.15, 0.2) is 16.6 Å². The van der Waals surface area contributed by atoms with Crippen LogP contribution in [0.25, 0.3) is 10.2 Å². The van der Waals surface area contributed by atoms with E-state index in [1.807, 2.05) is 0 Å². The van der Waals surface area contributed by atoms with E-state index in [0.29, 0.717) is 45.6 Å². The summed E-state index contributed by atoms with van der Waals surface area (Å²) in [6.45, 7) is 2.05. The molecule has 0 unspecified atom stereocenters. The first-order valence-electron chi connectivity index (χ1n) is 8.69. The van der Waals surface area contributed by atoms with E-state index in [0.717, 1.165) is 4.70 Å². The Morgan fingerprint density at radius 3 is 2.28 bits per heavy atom. The number of benzene rings is 2. The number of ether oxygens (including phenoxy) is 4. The van der Waals surface area contributed by atoms with Gasteiger partial charge in [0.05, 0.1) is 43.7 Å². The number of hydrogen-bond donors (Lipinski definition) is 1. The fourth-order valence-corrected chi connectivity index (χ4v) is 3.60. The van der Waals surface area contributed by atoms with Gasteiger partial charge in [-0.25, -0.2) is 9.78 Å². The maximum Gasteiger partial charge on any atom is 0.338 e. The predicted octanol–water partition coefficient (Wildman–Crippen LogP) is 3.75. The third kappa shape index (κ3) is 4.24. The van der Waals surface area contributed by atoms with Crippen LogP contribution < -0.4 is 19.5 Å². The van der Waals surface area contributed by atoms with E-state index in [9.17, 15) is 9.59 Å². The quantitative estimate of drug-likeness (QED) is 0.586. The van der Waals surface area contributed by atoms with Crippen molar-refractivity contribution in [3.8, 4) is 17.2 Å². The largest absolute Gasteiger partial charge is 0.493 e. The summed E-state index contributed by atoms with van der Waals surface area (Å²) in [5.41, 5.74) is 1.43. The van der Waals surface area contributed by atoms with Gasteiger partial charge >= 0.3 is 5.97 Å². The number of rotatable bonds is 7. The Hall–Kier alpha value is -3.33. The van der Waals surface area contributed by atoms with E-state index in [1.165, 1.54) is 32.7 Å². The molecule has 0 aliphatic carbocycles. The van der Waals surface area contributed by atoms with Crippen LogP contribution in [0.5, 0.6) is 17.2 Å². The zero-order valence-corrected chi connectivity index (χ0v) is 17.2. The smallest absolute Gasteiger partial charge is 0.338 e. The molecular formula is C20H20N2O6S. The highest BCUT2D eigenvalue weighted by atomic mass is 32.1. The van der Waals surface area contributed by atoms with Crippen molar-refractivity contribution in [2.24, 2.45) is 0 Å². The first kappa shape index (κ1) is 20.4. The summed E-state index contributed by atoms with van der Waals surface area (Å²) in [5, 5.41) is 3.16. The number of amides is 1. The molecule has 1 aromatic heterocycles. The van der Waals surface area contributed by atoms with Crippen molar-refractivity contribution in [3.63, 3.8) is 0 Å². The number of methoxy groups -OCH3 is 3. The highest BCUT2D eigenvalue weighted by molar-refractivity contribution is 7.22. The first-order chi connectivity index (χ1) is 14.0. The molecule has 0 radical (unpaired) electrons. The van der Waals surface area contributed by atoms with Crippen molar-refractivity contribution in [2.45, 2.75) is 6.92 Å². The van der Waals surface area contributed by atoms with Gasteiger partial charge in [-0.15, -0.1) is 0 Å². The highest BCUT2D eigenvalue weighted by Crippen LogP contribution is 2.38. The molecule has 2 aromatic carbocycles. The molecule has 1 N–H and O–H groups in total. The molecule has 9 heteroatoms. The Kier molecular flexibility index (Phi) is 6.18. The topological polar surface area (TPSA) is 96.0 Å². The molecule has 0 spiro atoms. The lowest BCUT2D eigenvalue weighted by Gasteiger charge is -2.13. The van der Waals surface area contributed by atoms with Crippen LogP contribution in [0.1, 0.15) is 27.6 Å². The Balaban J connectivity index is 1.87. The number of fused-ring (bicyclic) bond motifs is 1. The molecule has 0 saturated carbocycles. The summed E-state index contributed by atoms with van der Waals surface area (Å²) in [6, 6.07) is 8.17. The van der Waals surface area contributed by atoms with Crippen molar-refractivity contribution in [2.75, 3.05) is 33.3 Å². The van der Waals surface area contributed by atoms with Crippen molar-refractivity contribution in [1.29, 1.82) is 0 Å². The summed E-state index contributed by atoms with van der Waals surface area (Å²) in [7, 11) is 4.45. The average molecular weight is 416 g/mol. The van der Waals surface area contributed by atoms with E-state index in [1.54, 1.807) is 37.3 Å². The number of nitrogens with one attached hydrogen (secondary N) is 1. The molecular weight excluding hydrogens is 396 g/mol. The third-order valence-electron chi connectivity index (χ3n) is 4.05. The fraction of sp³-hybridized carbons (Fsp3) is 0.250. The van der Waals surface area contributed by atoms with E-state index in [2.05, 4.69) is 10.3 Å². The summed E-state index contributed by atoms with van der Waals surface area (Å²) < 4.78 is 21.6. The van der Waals surface area contributed by atoms with Crippen molar-refractivity contribution in [3.05, 3.63) is 41.5 Å². The average Bonchev–Trinajstić information content (AvgIpc) is 3.13. The molecule has 0 aliphatic rings. The lowest BCUT2D eigenvalue weighted by atomic mass is 10.1. The van der Waals surface area contributed by atoms with E-state index >= 15 is 0 Å². The van der Waals surface area contributed by atoms with Crippen LogP contribution in [0.2, 0.25) is 0 Å². The minimum atomic E-state index is -0.397. The number of thiazole rings is 1. The van der Waals surface area contributed by atoms with Crippen LogP contribution in [0.3, 0.4) is 0 Å². The molecule has 0 aliphatic heterocycles. The first-order valence-corrected chi connectivity index (χ1v) is 9.51. The van der Waals surface area contributed by atoms with Gasteiger partial charge in [-0.3, -0.25) is 10.1 Å². The van der Waals surface area contributed by atoms with Gasteiger partial charge in [0.2, 0.25) is 5.75 Å². The molecule has 0 saturated heterocycles. The standard InChI is InChI=1S/C20H20N2O6S/c1-5-28-19(24)11-6-7-13-16(10-11)29-20(21-13)22-18(23)12-8-14(25-2)17(27-4)15(9-12)26-3/h6-10H,5H2,1-4H3,(H,21,22,23). The molecule has 0 bridgehead atoms. The third-order valence-corrected chi connectivity index (χ3v) is 4.98. The zero-order valence-electron chi connectivity index (χ0n) is 16.4. The Labute approximate surface area is 171 Å². The molecule has 3 rings (SSSR count). The van der Waals surface area contributed by atoms with E-state index < -0.39 is 5.97 Å². The predicted molar refractivity (Wildman–Crippen MR) is 110 cm³/mol. The molecule has 1 amide bonds. The zero-order chi connectivity index (χ0) is 21.0. The Bertz CT molecular complexity index is 1040. The van der Waals surface area contributed by atoms with E-state index in [4.69, 9.17) is 18.9 Å². The number of carbonyl (C=O) groups excluding carboxylic acids is 2. The highest BCUT2D eigenvalue weighted by Gasteiger charge is 2.18. The van der Waals surface area contributed by atoms with Gasteiger partial charge in [-0.2, -0.15) is 0 Å². The van der Waals surface area contributed by atoms with Crippen molar-refractivity contribution >= 4 is 38.6 Å². The lowest BCUT2D eigenvalue weighted by molar-refractivity contribution is 0.0526. The maximum atomic E-state index is 12.7. The van der Waals surface area contributed by atoms with Crippen molar-refractivity contribution in [1.82, 2.24) is 4.98 Å². The fourth-order valence-electron chi connectivity index (χ4n) is 2.70. The van der Waals surface area contributed by atoms with Crippen LogP contribution >= 0.6 is 11.3 Å². The van der Waals surface area contributed by atoms with Crippen LogP contribution in [-0.4, -0.2) is 44.8 Å². The van der Waals surface area contributed by atoms with Crippen LogP contribution in [0.15, 0.2) is 30.3 Å². The van der Waals surface area contributed by atoms with Crippen LogP contribution in [0, 0.1) is 0 Å². The molecule has 3 aromatic rings. The molecule has 8 nitrogen and oxygen atoms in total. The summed E-state index contributed by atoms with van der Waals surface area (Å²) in [6.07, 6.45) is 0. The lowest BCUT2D eigenvalue weighted by Crippen LogP contribution is -2.12. The van der Waals surface area contributed by atoms with Gasteiger partial charge in [0, 0.05) is 5.56 Å². The van der Waals surface area contributed by atoms with Crippen LogP contribution in [0.4, 0.5) is 5.13 Å². The van der Waals surface area contributed by atoms with Gasteiger partial charge in [-0.05, 0) is 37.3 Å². The van der Waals surface area contributed by atoms with E-state index in [-0.39, 0.29) is 5.91 Å². The minimum Gasteiger partial charge on any atom is -0.493 e. The normalized spacial score (nSPS) is 10.5. The Morgan fingerprint density at radius 2 is 1.69 bits per heavy atom. The summed E-state index contributed by atoms with van der Waals surface area (Å²) in [5.74, 6) is 0.374. The second kappa shape index (κ2) is 8.78. The number of nitrogens with zero attached hydrogens (tertiary/aromatic N) is 1. The molecule has 29 heavy (non-hydrogen) atoms. The monoisotopic (exact) mass is 416 g/mol. The van der Waals surface area contributed by atoms with Crippen LogP contribution in [-0.2, 0) is 4.74 Å². The second-order valence-corrected chi connectivity index (χ2v) is 6.82. The van der Waals surface area contributed by atoms with Gasteiger partial charge in [0.1, 0.15) is 0 Å². The van der Waals surface area contributed by atoms with Gasteiger partial charge in [-0.1, -0.05) is 11.3 Å². The molecule has 0 fully saturated rings. The summed E-state index contributed by atoms with van der Waals surface area (Å²) in [4.78, 5) is 29.0. The SMILES string of the molecule is CCOC(=O)c1ccc2nc(NC(=O)c3cc(OC)c(OC)c(OC)c3)sc2c1. The summed E-state index contributed by atoms with van der Waals surface area (Å²) >= 11 is 1.26.